The van der Waals surface area contributed by atoms with E-state index >= 15 is 0 Å². The highest BCUT2D eigenvalue weighted by atomic mass is 32.1. The number of primary amides is 1. The number of amides is 2. The van der Waals surface area contributed by atoms with Crippen LogP contribution in [0.4, 0.5) is 5.00 Å². The monoisotopic (exact) mass is 336 g/mol. The predicted molar refractivity (Wildman–Crippen MR) is 84.0 cm³/mol. The van der Waals surface area contributed by atoms with Crippen LogP contribution in [0.5, 0.6) is 0 Å². The molecule has 0 radical (unpaired) electrons. The van der Waals surface area contributed by atoms with E-state index in [4.69, 9.17) is 14.9 Å². The average molecular weight is 336 g/mol. The molecule has 1 unspecified atom stereocenters. The molecule has 0 aliphatic rings. The molecule has 2 aromatic rings. The van der Waals surface area contributed by atoms with Crippen molar-refractivity contribution in [3.8, 4) is 0 Å². The molecule has 0 saturated carbocycles. The maximum absolute atomic E-state index is 12.0. The van der Waals surface area contributed by atoms with Crippen molar-refractivity contribution in [2.75, 3.05) is 5.32 Å². The van der Waals surface area contributed by atoms with Gasteiger partial charge in [-0.3, -0.25) is 14.4 Å². The summed E-state index contributed by atoms with van der Waals surface area (Å²) >= 11 is 1.17. The van der Waals surface area contributed by atoms with Gasteiger partial charge in [0.25, 0.3) is 11.8 Å². The number of ether oxygens (including phenoxy) is 1. The van der Waals surface area contributed by atoms with Gasteiger partial charge in [-0.1, -0.05) is 0 Å². The van der Waals surface area contributed by atoms with Crippen molar-refractivity contribution in [1.82, 2.24) is 0 Å². The van der Waals surface area contributed by atoms with E-state index in [0.29, 0.717) is 17.2 Å². The third-order valence-electron chi connectivity index (χ3n) is 3.00. The number of hydrogen-bond donors (Lipinski definition) is 2. The first-order valence-electron chi connectivity index (χ1n) is 6.87. The van der Waals surface area contributed by atoms with E-state index in [2.05, 4.69) is 5.32 Å². The zero-order valence-corrected chi connectivity index (χ0v) is 13.2. The van der Waals surface area contributed by atoms with Gasteiger partial charge in [0.05, 0.1) is 18.2 Å². The van der Waals surface area contributed by atoms with Gasteiger partial charge in [0, 0.05) is 6.42 Å². The molecule has 1 atom stereocenters. The Balaban J connectivity index is 1.83. The van der Waals surface area contributed by atoms with Gasteiger partial charge in [0.1, 0.15) is 10.8 Å². The molecule has 0 aliphatic heterocycles. The van der Waals surface area contributed by atoms with Crippen molar-refractivity contribution < 1.29 is 23.5 Å². The molecule has 0 saturated heterocycles. The van der Waals surface area contributed by atoms with Crippen molar-refractivity contribution in [3.63, 3.8) is 0 Å². The van der Waals surface area contributed by atoms with Crippen molar-refractivity contribution in [3.05, 3.63) is 41.2 Å². The minimum atomic E-state index is -0.984. The first-order valence-corrected chi connectivity index (χ1v) is 7.75. The van der Waals surface area contributed by atoms with Gasteiger partial charge in [-0.2, -0.15) is 0 Å². The van der Waals surface area contributed by atoms with E-state index in [0.717, 1.165) is 0 Å². The summed E-state index contributed by atoms with van der Waals surface area (Å²) in [6.07, 6.45) is 1.05. The number of anilines is 1. The van der Waals surface area contributed by atoms with E-state index < -0.39 is 23.9 Å². The number of esters is 1. The second kappa shape index (κ2) is 7.59. The first kappa shape index (κ1) is 16.8. The molecule has 23 heavy (non-hydrogen) atoms. The lowest BCUT2D eigenvalue weighted by Crippen LogP contribution is -2.30. The van der Waals surface area contributed by atoms with Crippen molar-refractivity contribution >= 4 is 34.1 Å². The van der Waals surface area contributed by atoms with Crippen LogP contribution in [0.3, 0.4) is 0 Å². The molecular formula is C15H16N2O5S. The molecule has 2 amide bonds. The SMILES string of the molecule is CC(OC(=O)CCc1ccco1)C(=O)Nc1sccc1C(N)=O. The number of carbonyl (C=O) groups excluding carboxylic acids is 3. The van der Waals surface area contributed by atoms with E-state index in [-0.39, 0.29) is 12.0 Å². The second-order valence-electron chi connectivity index (χ2n) is 4.73. The summed E-state index contributed by atoms with van der Waals surface area (Å²) in [7, 11) is 0. The molecule has 7 nitrogen and oxygen atoms in total. The summed E-state index contributed by atoms with van der Waals surface area (Å²) in [6, 6.07) is 5.00. The Labute approximate surface area is 136 Å². The summed E-state index contributed by atoms with van der Waals surface area (Å²) in [6.45, 7) is 1.46. The zero-order chi connectivity index (χ0) is 16.8. The fraction of sp³-hybridized carbons (Fsp3) is 0.267. The lowest BCUT2D eigenvalue weighted by atomic mass is 10.2. The van der Waals surface area contributed by atoms with E-state index in [1.165, 1.54) is 30.6 Å². The number of furan rings is 1. The molecule has 2 aromatic heterocycles. The average Bonchev–Trinajstić information content (AvgIpc) is 3.16. The fourth-order valence-corrected chi connectivity index (χ4v) is 2.60. The summed E-state index contributed by atoms with van der Waals surface area (Å²) < 4.78 is 10.2. The number of thiophene rings is 1. The quantitative estimate of drug-likeness (QED) is 0.751. The second-order valence-corrected chi connectivity index (χ2v) is 5.64. The van der Waals surface area contributed by atoms with Crippen LogP contribution < -0.4 is 11.1 Å². The van der Waals surface area contributed by atoms with Gasteiger partial charge in [-0.15, -0.1) is 11.3 Å². The maximum atomic E-state index is 12.0. The van der Waals surface area contributed by atoms with Gasteiger partial charge in [0.2, 0.25) is 0 Å². The Morgan fingerprint density at radius 2 is 2.17 bits per heavy atom. The minimum Gasteiger partial charge on any atom is -0.469 e. The number of rotatable bonds is 7. The highest BCUT2D eigenvalue weighted by Gasteiger charge is 2.20. The van der Waals surface area contributed by atoms with Crippen LogP contribution in [-0.4, -0.2) is 23.9 Å². The molecule has 0 fully saturated rings. The van der Waals surface area contributed by atoms with E-state index in [9.17, 15) is 14.4 Å². The Morgan fingerprint density at radius 1 is 1.39 bits per heavy atom. The van der Waals surface area contributed by atoms with Crippen molar-refractivity contribution in [2.24, 2.45) is 5.73 Å². The predicted octanol–water partition coefficient (Wildman–Crippen LogP) is 1.94. The van der Waals surface area contributed by atoms with Gasteiger partial charge < -0.3 is 20.2 Å². The molecule has 2 heterocycles. The van der Waals surface area contributed by atoms with E-state index in [1.54, 1.807) is 17.5 Å². The lowest BCUT2D eigenvalue weighted by Gasteiger charge is -2.13. The normalized spacial score (nSPS) is 11.7. The number of nitrogens with one attached hydrogen (secondary N) is 1. The van der Waals surface area contributed by atoms with Crippen LogP contribution in [0.1, 0.15) is 29.5 Å². The fourth-order valence-electron chi connectivity index (χ4n) is 1.80. The summed E-state index contributed by atoms with van der Waals surface area (Å²) in [5.41, 5.74) is 5.42. The summed E-state index contributed by atoms with van der Waals surface area (Å²) in [4.78, 5) is 34.9. The number of carbonyl (C=O) groups is 3. The molecule has 0 aliphatic carbocycles. The van der Waals surface area contributed by atoms with Crippen LogP contribution in [0, 0.1) is 0 Å². The van der Waals surface area contributed by atoms with Crippen LogP contribution in [0.15, 0.2) is 34.3 Å². The van der Waals surface area contributed by atoms with Crippen LogP contribution in [0.2, 0.25) is 0 Å². The number of nitrogens with two attached hydrogens (primary N) is 1. The highest BCUT2D eigenvalue weighted by Crippen LogP contribution is 2.23. The molecule has 3 N–H and O–H groups in total. The highest BCUT2D eigenvalue weighted by molar-refractivity contribution is 7.14. The summed E-state index contributed by atoms with van der Waals surface area (Å²) in [5.74, 6) is -1.000. The number of hydrogen-bond acceptors (Lipinski definition) is 6. The largest absolute Gasteiger partial charge is 0.469 e. The molecule has 8 heteroatoms. The van der Waals surface area contributed by atoms with Crippen LogP contribution >= 0.6 is 11.3 Å². The third kappa shape index (κ3) is 4.68. The van der Waals surface area contributed by atoms with Gasteiger partial charge in [-0.25, -0.2) is 0 Å². The third-order valence-corrected chi connectivity index (χ3v) is 3.83. The Bertz CT molecular complexity index is 693. The van der Waals surface area contributed by atoms with Crippen molar-refractivity contribution in [1.29, 1.82) is 0 Å². The van der Waals surface area contributed by atoms with E-state index in [1.807, 2.05) is 0 Å². The first-order chi connectivity index (χ1) is 11.0. The van der Waals surface area contributed by atoms with Gasteiger partial charge >= 0.3 is 5.97 Å². The van der Waals surface area contributed by atoms with Gasteiger partial charge in [0.15, 0.2) is 6.10 Å². The molecule has 0 bridgehead atoms. The standard InChI is InChI=1S/C15H16N2O5S/c1-9(22-12(18)5-4-10-3-2-7-21-10)14(20)17-15-11(13(16)19)6-8-23-15/h2-3,6-9H,4-5H2,1H3,(H2,16,19)(H,17,20). The molecule has 0 spiro atoms. The topological polar surface area (TPSA) is 112 Å². The minimum absolute atomic E-state index is 0.108. The lowest BCUT2D eigenvalue weighted by molar-refractivity contribution is -0.153. The maximum Gasteiger partial charge on any atom is 0.307 e. The Kier molecular flexibility index (Phi) is 5.53. The Morgan fingerprint density at radius 3 is 2.83 bits per heavy atom. The molecular weight excluding hydrogens is 320 g/mol. The summed E-state index contributed by atoms with van der Waals surface area (Å²) in [5, 5.41) is 4.50. The van der Waals surface area contributed by atoms with Crippen molar-refractivity contribution in [2.45, 2.75) is 25.9 Å². The molecule has 2 rings (SSSR count). The van der Waals surface area contributed by atoms with Crippen LogP contribution in [0.25, 0.3) is 0 Å². The molecule has 122 valence electrons. The van der Waals surface area contributed by atoms with Gasteiger partial charge in [-0.05, 0) is 30.5 Å². The number of aryl methyl sites for hydroxylation is 1. The van der Waals surface area contributed by atoms with Crippen LogP contribution in [-0.2, 0) is 20.7 Å². The Hall–Kier alpha value is -2.61. The smallest absolute Gasteiger partial charge is 0.307 e. The molecule has 0 aromatic carbocycles. The zero-order valence-electron chi connectivity index (χ0n) is 12.4.